The van der Waals surface area contributed by atoms with Gasteiger partial charge in [0.2, 0.25) is 0 Å². The van der Waals surface area contributed by atoms with E-state index < -0.39 is 29.2 Å². The molecule has 7 rings (SSSR count). The SMILES string of the molecule is CCN1C[C@@H]2C[C@H]1CN2c1ccc2oc([C@]3(CN4Cc5ccc(OC)c(F)c5C4=O)NC(=O)NC3=O)cc2c1. The number of carbonyl (C=O) groups excluding carboxylic acids is 3. The fourth-order valence-electron chi connectivity index (χ4n) is 6.69. The van der Waals surface area contributed by atoms with Gasteiger partial charge < -0.3 is 24.3 Å². The minimum Gasteiger partial charge on any atom is -0.494 e. The first-order valence-corrected chi connectivity index (χ1v) is 13.1. The van der Waals surface area contributed by atoms with Crippen molar-refractivity contribution in [1.82, 2.24) is 20.4 Å². The van der Waals surface area contributed by atoms with Crippen molar-refractivity contribution in [2.75, 3.05) is 38.2 Å². The second kappa shape index (κ2) is 8.44. The Kier molecular flexibility index (Phi) is 5.18. The van der Waals surface area contributed by atoms with Crippen LogP contribution in [-0.2, 0) is 16.9 Å². The molecule has 2 bridgehead atoms. The molecule has 3 fully saturated rings. The fraction of sp³-hybridized carbons (Fsp3) is 0.393. The van der Waals surface area contributed by atoms with Gasteiger partial charge in [0.15, 0.2) is 17.1 Å². The van der Waals surface area contributed by atoms with Crippen LogP contribution in [0.2, 0.25) is 0 Å². The number of rotatable bonds is 6. The Morgan fingerprint density at radius 2 is 1.97 bits per heavy atom. The summed E-state index contributed by atoms with van der Waals surface area (Å²) in [6.45, 7) is 5.12. The number of halogens is 1. The molecule has 2 N–H and O–H groups in total. The second-order valence-corrected chi connectivity index (χ2v) is 10.7. The fourth-order valence-corrected chi connectivity index (χ4v) is 6.69. The van der Waals surface area contributed by atoms with Gasteiger partial charge in [0.25, 0.3) is 11.8 Å². The lowest BCUT2D eigenvalue weighted by atomic mass is 9.95. The van der Waals surface area contributed by atoms with Gasteiger partial charge in [0, 0.05) is 42.8 Å². The number of nitrogens with zero attached hydrogens (tertiary/aromatic N) is 3. The minimum atomic E-state index is -1.66. The van der Waals surface area contributed by atoms with E-state index in [2.05, 4.69) is 27.4 Å². The van der Waals surface area contributed by atoms with E-state index in [9.17, 15) is 18.8 Å². The highest BCUT2D eigenvalue weighted by atomic mass is 19.1. The zero-order valence-electron chi connectivity index (χ0n) is 21.6. The van der Waals surface area contributed by atoms with E-state index in [1.54, 1.807) is 12.1 Å². The first kappa shape index (κ1) is 24.0. The maximum atomic E-state index is 14.9. The molecule has 3 atom stereocenters. The van der Waals surface area contributed by atoms with E-state index in [1.807, 2.05) is 18.2 Å². The van der Waals surface area contributed by atoms with E-state index >= 15 is 0 Å². The van der Waals surface area contributed by atoms with Crippen LogP contribution >= 0.6 is 0 Å². The molecule has 4 aliphatic heterocycles. The van der Waals surface area contributed by atoms with E-state index in [1.165, 1.54) is 18.1 Å². The molecule has 10 nitrogen and oxygen atoms in total. The quantitative estimate of drug-likeness (QED) is 0.469. The summed E-state index contributed by atoms with van der Waals surface area (Å²) >= 11 is 0. The van der Waals surface area contributed by atoms with Gasteiger partial charge in [-0.3, -0.25) is 19.8 Å². The summed E-state index contributed by atoms with van der Waals surface area (Å²) in [7, 11) is 1.33. The average Bonchev–Trinajstić information content (AvgIpc) is 3.73. The third-order valence-corrected chi connectivity index (χ3v) is 8.66. The number of likely N-dealkylation sites (N-methyl/N-ethyl adjacent to an activating group) is 1. The number of furan rings is 1. The molecule has 202 valence electrons. The predicted molar refractivity (Wildman–Crippen MR) is 139 cm³/mol. The molecule has 0 aliphatic carbocycles. The van der Waals surface area contributed by atoms with Crippen LogP contribution in [0.4, 0.5) is 14.9 Å². The highest BCUT2D eigenvalue weighted by Crippen LogP contribution is 2.39. The molecule has 0 saturated carbocycles. The average molecular weight is 534 g/mol. The molecule has 1 aromatic heterocycles. The van der Waals surface area contributed by atoms with E-state index in [-0.39, 0.29) is 30.2 Å². The summed E-state index contributed by atoms with van der Waals surface area (Å²) in [6, 6.07) is 11.1. The van der Waals surface area contributed by atoms with Gasteiger partial charge in [0.1, 0.15) is 11.3 Å². The molecule has 4 amide bonds. The molecule has 39 heavy (non-hydrogen) atoms. The van der Waals surface area contributed by atoms with Gasteiger partial charge in [-0.05, 0) is 48.9 Å². The number of benzene rings is 2. The molecule has 0 radical (unpaired) electrons. The second-order valence-electron chi connectivity index (χ2n) is 10.7. The standard InChI is InChI=1S/C28H28FN5O5/c1-3-32-12-19-10-18(32)13-34(19)17-5-7-20-16(8-17)9-22(39-20)28(26(36)30-27(37)31-28)14-33-11-15-4-6-21(38-2)24(29)23(15)25(33)35/h4-9,18-19H,3,10-14H2,1-2H3,(H2,30,31,36,37)/t18-,19-,28-/m0/s1. The topological polar surface area (TPSA) is 107 Å². The van der Waals surface area contributed by atoms with Crippen molar-refractivity contribution in [3.63, 3.8) is 0 Å². The van der Waals surface area contributed by atoms with Crippen molar-refractivity contribution in [2.24, 2.45) is 0 Å². The Bertz CT molecular complexity index is 1550. The maximum Gasteiger partial charge on any atom is 0.322 e. The number of piperazine rings is 1. The number of amides is 4. The Labute approximate surface area is 223 Å². The van der Waals surface area contributed by atoms with Crippen molar-refractivity contribution < 1.29 is 27.9 Å². The summed E-state index contributed by atoms with van der Waals surface area (Å²) < 4.78 is 26.1. The summed E-state index contributed by atoms with van der Waals surface area (Å²) in [6.07, 6.45) is 1.15. The number of nitrogens with one attached hydrogen (secondary N) is 2. The zero-order valence-corrected chi connectivity index (χ0v) is 21.6. The lowest BCUT2D eigenvalue weighted by molar-refractivity contribution is -0.125. The molecule has 5 heterocycles. The predicted octanol–water partition coefficient (Wildman–Crippen LogP) is 2.55. The molecule has 3 saturated heterocycles. The Morgan fingerprint density at radius 3 is 2.67 bits per heavy atom. The van der Waals surface area contributed by atoms with Gasteiger partial charge in [-0.15, -0.1) is 0 Å². The molecule has 2 aromatic carbocycles. The molecule has 11 heteroatoms. The van der Waals surface area contributed by atoms with Gasteiger partial charge in [0.05, 0.1) is 19.2 Å². The number of hydrogen-bond donors (Lipinski definition) is 2. The maximum absolute atomic E-state index is 14.9. The van der Waals surface area contributed by atoms with Crippen LogP contribution in [0.3, 0.4) is 0 Å². The van der Waals surface area contributed by atoms with Crippen LogP contribution in [0.5, 0.6) is 5.75 Å². The highest BCUT2D eigenvalue weighted by Gasteiger charge is 2.53. The third-order valence-electron chi connectivity index (χ3n) is 8.66. The first-order chi connectivity index (χ1) is 18.8. The number of hydrogen-bond acceptors (Lipinski definition) is 7. The number of methoxy groups -OCH3 is 1. The lowest BCUT2D eigenvalue weighted by Gasteiger charge is -2.35. The van der Waals surface area contributed by atoms with Crippen LogP contribution in [-0.4, -0.2) is 73.0 Å². The Hall–Kier alpha value is -4.12. The number of ether oxygens (including phenoxy) is 1. The zero-order chi connectivity index (χ0) is 27.1. The monoisotopic (exact) mass is 533 g/mol. The summed E-state index contributed by atoms with van der Waals surface area (Å²) in [4.78, 5) is 45.1. The number of imide groups is 1. The minimum absolute atomic E-state index is 0.0349. The summed E-state index contributed by atoms with van der Waals surface area (Å²) in [5, 5.41) is 5.76. The Balaban J connectivity index is 1.21. The van der Waals surface area contributed by atoms with Crippen LogP contribution in [0, 0.1) is 5.82 Å². The van der Waals surface area contributed by atoms with Crippen LogP contribution in [0.1, 0.15) is 35.0 Å². The Morgan fingerprint density at radius 1 is 1.13 bits per heavy atom. The van der Waals surface area contributed by atoms with Gasteiger partial charge in [-0.1, -0.05) is 13.0 Å². The number of urea groups is 1. The van der Waals surface area contributed by atoms with E-state index in [4.69, 9.17) is 9.15 Å². The molecular weight excluding hydrogens is 505 g/mol. The van der Waals surface area contributed by atoms with Crippen molar-refractivity contribution >= 4 is 34.5 Å². The normalized spacial score (nSPS) is 26.1. The summed E-state index contributed by atoms with van der Waals surface area (Å²) in [5.74, 6) is -1.79. The number of carbonyl (C=O) groups is 3. The van der Waals surface area contributed by atoms with Gasteiger partial charge in [-0.25, -0.2) is 9.18 Å². The molecular formula is C28H28FN5O5. The van der Waals surface area contributed by atoms with Crippen LogP contribution in [0.25, 0.3) is 11.0 Å². The van der Waals surface area contributed by atoms with Crippen LogP contribution in [0.15, 0.2) is 40.8 Å². The first-order valence-electron chi connectivity index (χ1n) is 13.1. The van der Waals surface area contributed by atoms with Crippen molar-refractivity contribution in [2.45, 2.75) is 37.5 Å². The highest BCUT2D eigenvalue weighted by molar-refractivity contribution is 6.08. The van der Waals surface area contributed by atoms with Gasteiger partial charge >= 0.3 is 6.03 Å². The molecule has 0 spiro atoms. The van der Waals surface area contributed by atoms with Crippen molar-refractivity contribution in [3.8, 4) is 5.75 Å². The smallest absolute Gasteiger partial charge is 0.322 e. The molecule has 3 aromatic rings. The lowest BCUT2D eigenvalue weighted by Crippen LogP contribution is -2.52. The largest absolute Gasteiger partial charge is 0.494 e. The number of anilines is 1. The van der Waals surface area contributed by atoms with Crippen molar-refractivity contribution in [1.29, 1.82) is 0 Å². The number of likely N-dealkylation sites (tertiary alicyclic amines) is 1. The van der Waals surface area contributed by atoms with Crippen LogP contribution < -0.4 is 20.3 Å². The molecule has 4 aliphatic rings. The number of fused-ring (bicyclic) bond motifs is 4. The van der Waals surface area contributed by atoms with E-state index in [0.717, 1.165) is 37.1 Å². The molecule has 0 unspecified atom stereocenters. The summed E-state index contributed by atoms with van der Waals surface area (Å²) in [5.41, 5.74) is 0.372. The van der Waals surface area contributed by atoms with Crippen molar-refractivity contribution in [3.05, 3.63) is 59.1 Å². The van der Waals surface area contributed by atoms with Gasteiger partial charge in [-0.2, -0.15) is 0 Å². The third kappa shape index (κ3) is 3.45. The van der Waals surface area contributed by atoms with E-state index in [0.29, 0.717) is 23.2 Å².